The minimum Gasteiger partial charge on any atom is -0.489 e. The molecule has 0 heterocycles. The molecule has 4 heteroatoms. The number of ether oxygens (including phenoxy) is 1. The smallest absolute Gasteiger partial charge is 0.335 e. The minimum atomic E-state index is -0.941. The Bertz CT molecular complexity index is 512. The number of aromatic carboxylic acids is 1. The number of carbonyl (C=O) groups is 1. The predicted molar refractivity (Wildman–Crippen MR) is 82.7 cm³/mol. The number of aliphatic hydroxyl groups excluding tert-OH is 1. The van der Waals surface area contributed by atoms with Crippen LogP contribution in [0.15, 0.2) is 47.6 Å². The molecule has 0 fully saturated rings. The van der Waals surface area contributed by atoms with Gasteiger partial charge in [0, 0.05) is 0 Å². The SMILES string of the molecule is C/C(=C\CO)CC/C=C(\C)COc1ccc(C(=O)O)cc1. The van der Waals surface area contributed by atoms with E-state index in [9.17, 15) is 4.79 Å². The average molecular weight is 290 g/mol. The van der Waals surface area contributed by atoms with Crippen LogP contribution in [0.1, 0.15) is 37.0 Å². The van der Waals surface area contributed by atoms with Crippen molar-refractivity contribution in [2.75, 3.05) is 13.2 Å². The van der Waals surface area contributed by atoms with Gasteiger partial charge in [0.2, 0.25) is 0 Å². The maximum Gasteiger partial charge on any atom is 0.335 e. The summed E-state index contributed by atoms with van der Waals surface area (Å²) in [4.78, 5) is 10.7. The van der Waals surface area contributed by atoms with Crippen molar-refractivity contribution in [3.63, 3.8) is 0 Å². The molecule has 21 heavy (non-hydrogen) atoms. The first-order valence-electron chi connectivity index (χ1n) is 6.91. The van der Waals surface area contributed by atoms with Crippen LogP contribution < -0.4 is 4.74 Å². The van der Waals surface area contributed by atoms with Crippen LogP contribution in [0.3, 0.4) is 0 Å². The summed E-state index contributed by atoms with van der Waals surface area (Å²) in [5.41, 5.74) is 2.54. The first-order valence-corrected chi connectivity index (χ1v) is 6.91. The van der Waals surface area contributed by atoms with Gasteiger partial charge in [-0.15, -0.1) is 0 Å². The molecule has 0 aliphatic heterocycles. The van der Waals surface area contributed by atoms with Gasteiger partial charge < -0.3 is 14.9 Å². The number of rotatable bonds is 8. The quantitative estimate of drug-likeness (QED) is 0.720. The van der Waals surface area contributed by atoms with E-state index in [1.807, 2.05) is 19.9 Å². The highest BCUT2D eigenvalue weighted by Gasteiger charge is 2.02. The Labute approximate surface area is 125 Å². The number of aliphatic hydroxyl groups is 1. The van der Waals surface area contributed by atoms with E-state index >= 15 is 0 Å². The maximum atomic E-state index is 10.7. The van der Waals surface area contributed by atoms with Crippen molar-refractivity contribution in [1.82, 2.24) is 0 Å². The fourth-order valence-electron chi connectivity index (χ4n) is 1.75. The zero-order valence-corrected chi connectivity index (χ0v) is 12.5. The molecule has 0 saturated carbocycles. The Morgan fingerprint density at radius 1 is 1.14 bits per heavy atom. The lowest BCUT2D eigenvalue weighted by Gasteiger charge is -2.07. The van der Waals surface area contributed by atoms with E-state index in [4.69, 9.17) is 14.9 Å². The predicted octanol–water partition coefficient (Wildman–Crippen LogP) is 3.43. The number of hydrogen-bond acceptors (Lipinski definition) is 3. The molecule has 0 aromatic heterocycles. The lowest BCUT2D eigenvalue weighted by molar-refractivity contribution is 0.0697. The second-order valence-corrected chi connectivity index (χ2v) is 4.94. The highest BCUT2D eigenvalue weighted by Crippen LogP contribution is 2.14. The number of benzene rings is 1. The molecule has 2 N–H and O–H groups in total. The molecule has 1 rings (SSSR count). The van der Waals surface area contributed by atoms with Crippen molar-refractivity contribution in [3.8, 4) is 5.75 Å². The van der Waals surface area contributed by atoms with E-state index in [1.54, 1.807) is 12.1 Å². The molecule has 0 amide bonds. The van der Waals surface area contributed by atoms with Crippen LogP contribution in [0.25, 0.3) is 0 Å². The number of carboxylic acid groups (broad SMARTS) is 1. The minimum absolute atomic E-state index is 0.0873. The van der Waals surface area contributed by atoms with E-state index in [-0.39, 0.29) is 12.2 Å². The monoisotopic (exact) mass is 290 g/mol. The van der Waals surface area contributed by atoms with Gasteiger partial charge in [-0.05, 0) is 56.5 Å². The summed E-state index contributed by atoms with van der Waals surface area (Å²) in [6, 6.07) is 6.37. The Kier molecular flexibility index (Phi) is 7.26. The summed E-state index contributed by atoms with van der Waals surface area (Å²) in [6.07, 6.45) is 5.75. The Morgan fingerprint density at radius 2 is 1.81 bits per heavy atom. The highest BCUT2D eigenvalue weighted by atomic mass is 16.5. The van der Waals surface area contributed by atoms with Gasteiger partial charge in [-0.2, -0.15) is 0 Å². The van der Waals surface area contributed by atoms with E-state index in [2.05, 4.69) is 6.08 Å². The molecule has 0 spiro atoms. The molecule has 4 nitrogen and oxygen atoms in total. The van der Waals surface area contributed by atoms with E-state index in [1.165, 1.54) is 17.7 Å². The highest BCUT2D eigenvalue weighted by molar-refractivity contribution is 5.87. The molecule has 1 aromatic rings. The average Bonchev–Trinajstić information content (AvgIpc) is 2.46. The van der Waals surface area contributed by atoms with Gasteiger partial charge in [-0.25, -0.2) is 4.79 Å². The zero-order chi connectivity index (χ0) is 15.7. The Hall–Kier alpha value is -2.07. The van der Waals surface area contributed by atoms with E-state index in [0.29, 0.717) is 12.4 Å². The van der Waals surface area contributed by atoms with Crippen molar-refractivity contribution in [2.45, 2.75) is 26.7 Å². The Balaban J connectivity index is 2.40. The summed E-state index contributed by atoms with van der Waals surface area (Å²) in [6.45, 7) is 4.57. The van der Waals surface area contributed by atoms with Crippen LogP contribution in [0.4, 0.5) is 0 Å². The van der Waals surface area contributed by atoms with Crippen LogP contribution in [0, 0.1) is 0 Å². The maximum absolute atomic E-state index is 10.7. The van der Waals surface area contributed by atoms with Gasteiger partial charge in [0.15, 0.2) is 0 Å². The summed E-state index contributed by atoms with van der Waals surface area (Å²) in [7, 11) is 0. The second-order valence-electron chi connectivity index (χ2n) is 4.94. The third kappa shape index (κ3) is 6.77. The fraction of sp³-hybridized carbons (Fsp3) is 0.353. The summed E-state index contributed by atoms with van der Waals surface area (Å²) in [5.74, 6) is -0.284. The molecule has 1 aromatic carbocycles. The van der Waals surface area contributed by atoms with Gasteiger partial charge >= 0.3 is 5.97 Å². The summed E-state index contributed by atoms with van der Waals surface area (Å²) >= 11 is 0. The Morgan fingerprint density at radius 3 is 2.38 bits per heavy atom. The molecular formula is C17H22O4. The van der Waals surface area contributed by atoms with E-state index < -0.39 is 5.97 Å². The van der Waals surface area contributed by atoms with Crippen LogP contribution in [0.2, 0.25) is 0 Å². The summed E-state index contributed by atoms with van der Waals surface area (Å²) < 4.78 is 5.59. The molecular weight excluding hydrogens is 268 g/mol. The van der Waals surface area contributed by atoms with Gasteiger partial charge in [0.05, 0.1) is 12.2 Å². The normalized spacial score (nSPS) is 12.3. The second kappa shape index (κ2) is 8.97. The summed E-state index contributed by atoms with van der Waals surface area (Å²) in [5, 5.41) is 17.6. The first kappa shape index (κ1) is 17.0. The number of carboxylic acids is 1. The third-order valence-corrected chi connectivity index (χ3v) is 3.04. The largest absolute Gasteiger partial charge is 0.489 e. The molecule has 0 radical (unpaired) electrons. The van der Waals surface area contributed by atoms with Crippen LogP contribution >= 0.6 is 0 Å². The molecule has 0 saturated heterocycles. The molecule has 114 valence electrons. The molecule has 0 aliphatic rings. The van der Waals surface area contributed by atoms with Gasteiger partial charge in [-0.1, -0.05) is 17.7 Å². The van der Waals surface area contributed by atoms with Crippen molar-refractivity contribution in [2.24, 2.45) is 0 Å². The molecule has 0 unspecified atom stereocenters. The van der Waals surface area contributed by atoms with Crippen molar-refractivity contribution in [1.29, 1.82) is 0 Å². The van der Waals surface area contributed by atoms with Crippen molar-refractivity contribution in [3.05, 3.63) is 53.1 Å². The van der Waals surface area contributed by atoms with Gasteiger partial charge in [0.25, 0.3) is 0 Å². The zero-order valence-electron chi connectivity index (χ0n) is 12.5. The van der Waals surface area contributed by atoms with Gasteiger partial charge in [-0.3, -0.25) is 0 Å². The topological polar surface area (TPSA) is 66.8 Å². The molecule has 0 atom stereocenters. The van der Waals surface area contributed by atoms with Crippen molar-refractivity contribution < 1.29 is 19.7 Å². The lowest BCUT2D eigenvalue weighted by Crippen LogP contribution is -2.00. The third-order valence-electron chi connectivity index (χ3n) is 3.04. The van der Waals surface area contributed by atoms with Crippen molar-refractivity contribution >= 4 is 5.97 Å². The van der Waals surface area contributed by atoms with Gasteiger partial charge in [0.1, 0.15) is 12.4 Å². The van der Waals surface area contributed by atoms with E-state index in [0.717, 1.165) is 18.4 Å². The molecule has 0 aliphatic carbocycles. The van der Waals surface area contributed by atoms with Crippen LogP contribution in [0.5, 0.6) is 5.75 Å². The van der Waals surface area contributed by atoms with Crippen LogP contribution in [-0.4, -0.2) is 29.4 Å². The first-order chi connectivity index (χ1) is 10.0. The van der Waals surface area contributed by atoms with Crippen LogP contribution in [-0.2, 0) is 0 Å². The lowest BCUT2D eigenvalue weighted by atomic mass is 10.1. The number of hydrogen-bond donors (Lipinski definition) is 2. The molecule has 0 bridgehead atoms. The number of allylic oxidation sites excluding steroid dienone is 2. The standard InChI is InChI=1S/C17H22O4/c1-13(10-11-18)4-3-5-14(2)12-21-16-8-6-15(7-9-16)17(19)20/h5-10,18H,3-4,11-12H2,1-2H3,(H,19,20)/b13-10+,14-5+. The fourth-order valence-corrected chi connectivity index (χ4v) is 1.75.